The van der Waals surface area contributed by atoms with Crippen LogP contribution in [0.2, 0.25) is 0 Å². The molecule has 0 aromatic heterocycles. The number of amides is 1. The van der Waals surface area contributed by atoms with E-state index in [1.807, 2.05) is 54.6 Å². The predicted octanol–water partition coefficient (Wildman–Crippen LogP) is 3.61. The summed E-state index contributed by atoms with van der Waals surface area (Å²) in [6.07, 6.45) is 2.42. The van der Waals surface area contributed by atoms with Crippen LogP contribution in [-0.4, -0.2) is 37.5 Å². The molecule has 0 aliphatic carbocycles. The summed E-state index contributed by atoms with van der Waals surface area (Å²) in [5.41, 5.74) is 3.23. The first-order valence-corrected chi connectivity index (χ1v) is 9.06. The van der Waals surface area contributed by atoms with Crippen molar-refractivity contribution in [2.45, 2.75) is 13.3 Å². The van der Waals surface area contributed by atoms with Crippen molar-refractivity contribution >= 4 is 18.0 Å². The number of methoxy groups -OCH3 is 2. The van der Waals surface area contributed by atoms with Crippen LogP contribution in [0.15, 0.2) is 71.4 Å². The maximum absolute atomic E-state index is 13.1. The smallest absolute Gasteiger partial charge is 0.340 e. The molecule has 2 aromatic rings. The van der Waals surface area contributed by atoms with Crippen LogP contribution < -0.4 is 4.74 Å². The third kappa shape index (κ3) is 3.98. The average Bonchev–Trinajstić information content (AvgIpc) is 2.96. The number of carbonyl (C=O) groups excluding carboxylic acids is 2. The molecule has 0 saturated carbocycles. The molecule has 0 N–H and O–H groups in total. The van der Waals surface area contributed by atoms with Crippen molar-refractivity contribution in [1.82, 2.24) is 4.90 Å². The molecule has 0 saturated heterocycles. The van der Waals surface area contributed by atoms with Gasteiger partial charge in [-0.25, -0.2) is 4.79 Å². The summed E-state index contributed by atoms with van der Waals surface area (Å²) in [6, 6.07) is 17.3. The fourth-order valence-electron chi connectivity index (χ4n) is 3.25. The molecule has 5 heteroatoms. The second-order valence-electron chi connectivity index (χ2n) is 6.48. The van der Waals surface area contributed by atoms with Crippen LogP contribution in [0.3, 0.4) is 0 Å². The molecule has 0 unspecified atom stereocenters. The minimum absolute atomic E-state index is 0.190. The van der Waals surface area contributed by atoms with Crippen molar-refractivity contribution in [2.75, 3.05) is 20.8 Å². The summed E-state index contributed by atoms with van der Waals surface area (Å²) in [6.45, 7) is 2.28. The molecule has 3 rings (SSSR count). The SMILES string of the molecule is COC(=O)C1=C(C)N(CCc2ccccc2)C(=O)C1=Cc1ccc(OC)cc1. The van der Waals surface area contributed by atoms with E-state index >= 15 is 0 Å². The Labute approximate surface area is 164 Å². The summed E-state index contributed by atoms with van der Waals surface area (Å²) in [5, 5.41) is 0. The van der Waals surface area contributed by atoms with E-state index in [9.17, 15) is 9.59 Å². The molecular weight excluding hydrogens is 354 g/mol. The minimum Gasteiger partial charge on any atom is -0.497 e. The zero-order valence-electron chi connectivity index (χ0n) is 16.3. The van der Waals surface area contributed by atoms with Gasteiger partial charge in [0.2, 0.25) is 0 Å². The molecule has 2 aromatic carbocycles. The van der Waals surface area contributed by atoms with Gasteiger partial charge in [0.1, 0.15) is 5.75 Å². The molecule has 0 atom stereocenters. The fraction of sp³-hybridized carbons (Fsp3) is 0.217. The molecule has 0 spiro atoms. The van der Waals surface area contributed by atoms with Gasteiger partial charge >= 0.3 is 5.97 Å². The monoisotopic (exact) mass is 377 g/mol. The lowest BCUT2D eigenvalue weighted by atomic mass is 10.0. The van der Waals surface area contributed by atoms with Crippen LogP contribution in [0.4, 0.5) is 0 Å². The van der Waals surface area contributed by atoms with E-state index in [4.69, 9.17) is 9.47 Å². The Kier molecular flexibility index (Phi) is 5.94. The Morgan fingerprint density at radius 3 is 2.32 bits per heavy atom. The number of esters is 1. The van der Waals surface area contributed by atoms with Gasteiger partial charge < -0.3 is 14.4 Å². The summed E-state index contributed by atoms with van der Waals surface area (Å²) < 4.78 is 10.1. The van der Waals surface area contributed by atoms with E-state index < -0.39 is 5.97 Å². The third-order valence-electron chi connectivity index (χ3n) is 4.79. The maximum Gasteiger partial charge on any atom is 0.340 e. The maximum atomic E-state index is 13.1. The zero-order chi connectivity index (χ0) is 20.1. The lowest BCUT2D eigenvalue weighted by Gasteiger charge is -2.17. The molecule has 1 heterocycles. The number of benzene rings is 2. The largest absolute Gasteiger partial charge is 0.497 e. The van der Waals surface area contributed by atoms with E-state index in [1.54, 1.807) is 25.0 Å². The van der Waals surface area contributed by atoms with Gasteiger partial charge in [-0.2, -0.15) is 0 Å². The Morgan fingerprint density at radius 1 is 1.04 bits per heavy atom. The lowest BCUT2D eigenvalue weighted by molar-refractivity contribution is -0.136. The summed E-state index contributed by atoms with van der Waals surface area (Å²) in [5.74, 6) is 0.0294. The van der Waals surface area contributed by atoms with Crippen LogP contribution in [-0.2, 0) is 20.7 Å². The van der Waals surface area contributed by atoms with Crippen molar-refractivity contribution in [3.63, 3.8) is 0 Å². The second kappa shape index (κ2) is 8.57. The molecule has 1 amide bonds. The molecule has 1 aliphatic heterocycles. The van der Waals surface area contributed by atoms with Crippen molar-refractivity contribution in [3.8, 4) is 5.75 Å². The number of nitrogens with zero attached hydrogens (tertiary/aromatic N) is 1. The fourth-order valence-corrected chi connectivity index (χ4v) is 3.25. The molecule has 0 fully saturated rings. The summed E-state index contributed by atoms with van der Waals surface area (Å²) in [4.78, 5) is 27.1. The Bertz CT molecular complexity index is 927. The first-order chi connectivity index (χ1) is 13.5. The van der Waals surface area contributed by atoms with Crippen LogP contribution in [0.5, 0.6) is 5.75 Å². The van der Waals surface area contributed by atoms with Gasteiger partial charge in [0.05, 0.1) is 25.4 Å². The molecule has 28 heavy (non-hydrogen) atoms. The molecule has 5 nitrogen and oxygen atoms in total. The van der Waals surface area contributed by atoms with Crippen LogP contribution in [0.1, 0.15) is 18.1 Å². The van der Waals surface area contributed by atoms with Gasteiger partial charge in [-0.05, 0) is 42.7 Å². The Balaban J connectivity index is 1.91. The quantitative estimate of drug-likeness (QED) is 0.570. The van der Waals surface area contributed by atoms with Crippen molar-refractivity contribution in [3.05, 3.63) is 82.6 Å². The molecule has 0 bridgehead atoms. The minimum atomic E-state index is -0.507. The predicted molar refractivity (Wildman–Crippen MR) is 108 cm³/mol. The van der Waals surface area contributed by atoms with Gasteiger partial charge in [-0.1, -0.05) is 42.5 Å². The standard InChI is InChI=1S/C23H23NO4/c1-16-21(23(26)28-3)20(15-18-9-11-19(27-2)12-10-18)22(25)24(16)14-13-17-7-5-4-6-8-17/h4-12,15H,13-14H2,1-3H3. The molecule has 144 valence electrons. The Hall–Kier alpha value is -3.34. The van der Waals surface area contributed by atoms with Gasteiger partial charge in [0.25, 0.3) is 5.91 Å². The Morgan fingerprint density at radius 2 is 1.71 bits per heavy atom. The number of carbonyl (C=O) groups is 2. The highest BCUT2D eigenvalue weighted by molar-refractivity contribution is 6.16. The first-order valence-electron chi connectivity index (χ1n) is 9.06. The number of ether oxygens (including phenoxy) is 2. The van der Waals surface area contributed by atoms with E-state index in [0.29, 0.717) is 29.8 Å². The normalized spacial score (nSPS) is 15.3. The molecule has 0 radical (unpaired) electrons. The molecule has 1 aliphatic rings. The second-order valence-corrected chi connectivity index (χ2v) is 6.48. The van der Waals surface area contributed by atoms with Crippen molar-refractivity contribution in [1.29, 1.82) is 0 Å². The topological polar surface area (TPSA) is 55.8 Å². The van der Waals surface area contributed by atoms with E-state index in [-0.39, 0.29) is 5.91 Å². The van der Waals surface area contributed by atoms with Crippen LogP contribution in [0.25, 0.3) is 6.08 Å². The first kappa shape index (κ1) is 19.4. The highest BCUT2D eigenvalue weighted by atomic mass is 16.5. The van der Waals surface area contributed by atoms with Gasteiger partial charge in [-0.15, -0.1) is 0 Å². The van der Waals surface area contributed by atoms with Gasteiger partial charge in [0, 0.05) is 12.2 Å². The highest BCUT2D eigenvalue weighted by Crippen LogP contribution is 2.32. The van der Waals surface area contributed by atoms with E-state index in [0.717, 1.165) is 16.9 Å². The number of hydrogen-bond donors (Lipinski definition) is 0. The van der Waals surface area contributed by atoms with Crippen LogP contribution in [0, 0.1) is 0 Å². The average molecular weight is 377 g/mol. The third-order valence-corrected chi connectivity index (χ3v) is 4.79. The van der Waals surface area contributed by atoms with E-state index in [2.05, 4.69) is 0 Å². The number of allylic oxidation sites excluding steroid dienone is 1. The van der Waals surface area contributed by atoms with Crippen molar-refractivity contribution < 1.29 is 19.1 Å². The number of rotatable bonds is 6. The number of hydrogen-bond acceptors (Lipinski definition) is 4. The lowest BCUT2D eigenvalue weighted by Crippen LogP contribution is -2.27. The van der Waals surface area contributed by atoms with Crippen LogP contribution >= 0.6 is 0 Å². The summed E-state index contributed by atoms with van der Waals surface area (Å²) >= 11 is 0. The zero-order valence-corrected chi connectivity index (χ0v) is 16.3. The highest BCUT2D eigenvalue weighted by Gasteiger charge is 2.36. The van der Waals surface area contributed by atoms with Gasteiger partial charge in [0.15, 0.2) is 0 Å². The van der Waals surface area contributed by atoms with Crippen molar-refractivity contribution in [2.24, 2.45) is 0 Å². The van der Waals surface area contributed by atoms with E-state index in [1.165, 1.54) is 7.11 Å². The summed E-state index contributed by atoms with van der Waals surface area (Å²) in [7, 11) is 2.92. The molecular formula is C23H23NO4. The van der Waals surface area contributed by atoms with Gasteiger partial charge in [-0.3, -0.25) is 4.79 Å².